The van der Waals surface area contributed by atoms with Crippen LogP contribution in [-0.4, -0.2) is 19.1 Å². The van der Waals surface area contributed by atoms with Crippen molar-refractivity contribution in [1.82, 2.24) is 5.32 Å². The lowest BCUT2D eigenvalue weighted by molar-refractivity contribution is -0.122. The van der Waals surface area contributed by atoms with Crippen molar-refractivity contribution in [2.45, 2.75) is 13.0 Å². The molecule has 0 unspecified atom stereocenters. The number of carbonyl (C=O) groups excluding carboxylic acids is 1. The Morgan fingerprint density at radius 1 is 1.38 bits per heavy atom. The van der Waals surface area contributed by atoms with Gasteiger partial charge in [-0.2, -0.15) is 0 Å². The third-order valence-electron chi connectivity index (χ3n) is 1.97. The van der Waals surface area contributed by atoms with Crippen LogP contribution in [0.4, 0.5) is 0 Å². The van der Waals surface area contributed by atoms with E-state index in [0.717, 1.165) is 5.56 Å². The van der Waals surface area contributed by atoms with Gasteiger partial charge in [-0.1, -0.05) is 36.3 Å². The predicted molar refractivity (Wildman–Crippen MR) is 62.6 cm³/mol. The summed E-state index contributed by atoms with van der Waals surface area (Å²) in [4.78, 5) is 11.1. The van der Waals surface area contributed by atoms with E-state index in [1.54, 1.807) is 0 Å². The topological polar surface area (TPSA) is 38.3 Å². The number of ether oxygens (including phenoxy) is 1. The molecule has 0 aromatic heterocycles. The van der Waals surface area contributed by atoms with Gasteiger partial charge < -0.3 is 10.1 Å². The van der Waals surface area contributed by atoms with Crippen LogP contribution >= 0.6 is 0 Å². The van der Waals surface area contributed by atoms with Gasteiger partial charge in [0.25, 0.3) is 0 Å². The maximum absolute atomic E-state index is 11.1. The van der Waals surface area contributed by atoms with Crippen molar-refractivity contribution in [3.63, 3.8) is 0 Å². The molecule has 0 saturated heterocycles. The van der Waals surface area contributed by atoms with Gasteiger partial charge in [-0.15, -0.1) is 6.42 Å². The minimum atomic E-state index is -0.0778. The van der Waals surface area contributed by atoms with Crippen LogP contribution in [-0.2, 0) is 16.1 Å². The molecular formula is C13H15NO2. The Morgan fingerprint density at radius 3 is 2.81 bits per heavy atom. The van der Waals surface area contributed by atoms with Gasteiger partial charge >= 0.3 is 0 Å². The Balaban J connectivity index is 2.08. The third-order valence-corrected chi connectivity index (χ3v) is 1.97. The Kier molecular flexibility index (Phi) is 5.75. The molecule has 0 spiro atoms. The van der Waals surface area contributed by atoms with Gasteiger partial charge in [0.1, 0.15) is 0 Å². The summed E-state index contributed by atoms with van der Waals surface area (Å²) in [5, 5.41) is 2.58. The Morgan fingerprint density at radius 2 is 2.12 bits per heavy atom. The van der Waals surface area contributed by atoms with Crippen LogP contribution in [0.5, 0.6) is 0 Å². The molecule has 0 radical (unpaired) electrons. The van der Waals surface area contributed by atoms with Crippen molar-refractivity contribution >= 4 is 5.91 Å². The van der Waals surface area contributed by atoms with E-state index in [1.807, 2.05) is 30.3 Å². The van der Waals surface area contributed by atoms with Gasteiger partial charge in [0.2, 0.25) is 5.91 Å². The normalized spacial score (nSPS) is 9.44. The minimum absolute atomic E-state index is 0.0778. The van der Waals surface area contributed by atoms with Crippen LogP contribution in [0, 0.1) is 12.3 Å². The van der Waals surface area contributed by atoms with Gasteiger partial charge in [0.15, 0.2) is 0 Å². The van der Waals surface area contributed by atoms with E-state index in [1.165, 1.54) is 0 Å². The van der Waals surface area contributed by atoms with Crippen LogP contribution < -0.4 is 5.32 Å². The van der Waals surface area contributed by atoms with Crippen molar-refractivity contribution in [1.29, 1.82) is 0 Å². The average molecular weight is 217 g/mol. The number of carbonyl (C=O) groups is 1. The summed E-state index contributed by atoms with van der Waals surface area (Å²) in [6, 6.07) is 9.84. The molecule has 1 rings (SSSR count). The number of rotatable bonds is 6. The molecule has 0 aliphatic heterocycles. The zero-order valence-corrected chi connectivity index (χ0v) is 9.11. The number of hydrogen-bond donors (Lipinski definition) is 1. The first-order valence-corrected chi connectivity index (χ1v) is 5.15. The molecule has 3 nitrogen and oxygen atoms in total. The highest BCUT2D eigenvalue weighted by molar-refractivity contribution is 5.76. The Bertz CT molecular complexity index is 354. The lowest BCUT2D eigenvalue weighted by Gasteiger charge is -2.04. The molecule has 0 aliphatic rings. The molecule has 16 heavy (non-hydrogen) atoms. The number of terminal acetylenes is 1. The van der Waals surface area contributed by atoms with Crippen LogP contribution in [0.15, 0.2) is 30.3 Å². The van der Waals surface area contributed by atoms with E-state index in [2.05, 4.69) is 11.2 Å². The summed E-state index contributed by atoms with van der Waals surface area (Å²) in [5.74, 6) is 2.26. The van der Waals surface area contributed by atoms with Crippen molar-refractivity contribution in [3.05, 3.63) is 35.9 Å². The summed E-state index contributed by atoms with van der Waals surface area (Å²) in [7, 11) is 0. The molecule has 1 aromatic rings. The Labute approximate surface area is 95.8 Å². The van der Waals surface area contributed by atoms with Crippen molar-refractivity contribution in [2.24, 2.45) is 0 Å². The van der Waals surface area contributed by atoms with Gasteiger partial charge in [-0.25, -0.2) is 0 Å². The lowest BCUT2D eigenvalue weighted by Crippen LogP contribution is -2.24. The van der Waals surface area contributed by atoms with E-state index in [0.29, 0.717) is 19.6 Å². The molecule has 0 saturated carbocycles. The van der Waals surface area contributed by atoms with Gasteiger partial charge in [0, 0.05) is 6.42 Å². The zero-order valence-electron chi connectivity index (χ0n) is 9.11. The van der Waals surface area contributed by atoms with Crippen LogP contribution in [0.1, 0.15) is 12.0 Å². The highest BCUT2D eigenvalue weighted by atomic mass is 16.5. The van der Waals surface area contributed by atoms with Crippen molar-refractivity contribution in [2.75, 3.05) is 13.2 Å². The molecule has 0 heterocycles. The number of hydrogen-bond acceptors (Lipinski definition) is 2. The second-order valence-corrected chi connectivity index (χ2v) is 3.27. The second kappa shape index (κ2) is 7.49. The van der Waals surface area contributed by atoms with E-state index < -0.39 is 0 Å². The summed E-state index contributed by atoms with van der Waals surface area (Å²) in [6.45, 7) is 1.21. The number of nitrogens with one attached hydrogen (secondary N) is 1. The zero-order chi connectivity index (χ0) is 11.6. The fraction of sp³-hybridized carbons (Fsp3) is 0.308. The molecule has 0 bridgehead atoms. The summed E-state index contributed by atoms with van der Waals surface area (Å²) in [6.07, 6.45) is 5.35. The van der Waals surface area contributed by atoms with Gasteiger partial charge in [0.05, 0.1) is 19.8 Å². The first-order chi connectivity index (χ1) is 7.83. The molecule has 0 atom stereocenters. The molecule has 3 heteroatoms. The third kappa shape index (κ3) is 5.18. The molecule has 1 amide bonds. The summed E-state index contributed by atoms with van der Waals surface area (Å²) in [5.41, 5.74) is 1.10. The largest absolute Gasteiger partial charge is 0.376 e. The molecular weight excluding hydrogens is 202 g/mol. The minimum Gasteiger partial charge on any atom is -0.376 e. The summed E-state index contributed by atoms with van der Waals surface area (Å²) < 4.78 is 5.36. The second-order valence-electron chi connectivity index (χ2n) is 3.27. The van der Waals surface area contributed by atoms with Gasteiger partial charge in [-0.3, -0.25) is 4.79 Å². The SMILES string of the molecule is C#CCNC(=O)CCOCc1ccccc1. The highest BCUT2D eigenvalue weighted by Crippen LogP contribution is 2.00. The maximum atomic E-state index is 11.1. The van der Waals surface area contributed by atoms with E-state index >= 15 is 0 Å². The molecule has 84 valence electrons. The van der Waals surface area contributed by atoms with Crippen LogP contribution in [0.3, 0.4) is 0 Å². The summed E-state index contributed by atoms with van der Waals surface area (Å²) >= 11 is 0. The van der Waals surface area contributed by atoms with Crippen molar-refractivity contribution in [3.8, 4) is 12.3 Å². The van der Waals surface area contributed by atoms with Crippen LogP contribution in [0.25, 0.3) is 0 Å². The van der Waals surface area contributed by atoms with E-state index in [-0.39, 0.29) is 12.5 Å². The first-order valence-electron chi connectivity index (χ1n) is 5.15. The maximum Gasteiger partial charge on any atom is 0.223 e. The first kappa shape index (κ1) is 12.3. The highest BCUT2D eigenvalue weighted by Gasteiger charge is 1.99. The van der Waals surface area contributed by atoms with E-state index in [4.69, 9.17) is 11.2 Å². The van der Waals surface area contributed by atoms with Crippen LogP contribution in [0.2, 0.25) is 0 Å². The molecule has 1 aromatic carbocycles. The number of benzene rings is 1. The fourth-order valence-corrected chi connectivity index (χ4v) is 1.17. The Hall–Kier alpha value is -1.79. The molecule has 0 fully saturated rings. The van der Waals surface area contributed by atoms with Crippen molar-refractivity contribution < 1.29 is 9.53 Å². The standard InChI is InChI=1S/C13H15NO2/c1-2-9-14-13(15)8-10-16-11-12-6-4-3-5-7-12/h1,3-7H,8-11H2,(H,14,15). The van der Waals surface area contributed by atoms with E-state index in [9.17, 15) is 4.79 Å². The quantitative estimate of drug-likeness (QED) is 0.577. The monoisotopic (exact) mass is 217 g/mol. The molecule has 0 aliphatic carbocycles. The smallest absolute Gasteiger partial charge is 0.223 e. The van der Waals surface area contributed by atoms with Gasteiger partial charge in [-0.05, 0) is 5.56 Å². The predicted octanol–water partition coefficient (Wildman–Crippen LogP) is 1.34. The fourth-order valence-electron chi connectivity index (χ4n) is 1.17. The lowest BCUT2D eigenvalue weighted by atomic mass is 10.2. The average Bonchev–Trinajstić information content (AvgIpc) is 2.33. The number of amides is 1. The molecule has 1 N–H and O–H groups in total.